The number of carbonyl (C=O) groups is 2. The van der Waals surface area contributed by atoms with Crippen molar-refractivity contribution in [3.05, 3.63) is 45.8 Å². The number of rotatable bonds is 18. The fourth-order valence-corrected chi connectivity index (χ4v) is 7.39. The number of hydrogen-bond donors (Lipinski definition) is 7. The summed E-state index contributed by atoms with van der Waals surface area (Å²) < 4.78 is 65.1. The molecule has 60 heavy (non-hydrogen) atoms. The number of aliphatic hydroxyl groups excluding tert-OH is 1. The number of unbranched alkanes of at least 4 members (excludes halogenated alkanes) is 1. The third kappa shape index (κ3) is 12.4. The molecule has 0 aromatic carbocycles. The summed E-state index contributed by atoms with van der Waals surface area (Å²) in [5.41, 5.74) is 18.5. The zero-order valence-corrected chi connectivity index (χ0v) is 33.9. The van der Waals surface area contributed by atoms with E-state index in [0.29, 0.717) is 6.42 Å². The first kappa shape index (κ1) is 46.2. The van der Waals surface area contributed by atoms with Crippen LogP contribution in [0.25, 0.3) is 21.6 Å². The van der Waals surface area contributed by atoms with Gasteiger partial charge in [-0.1, -0.05) is 11.5 Å². The van der Waals surface area contributed by atoms with Gasteiger partial charge in [0.05, 0.1) is 19.5 Å². The minimum atomic E-state index is -5.24. The van der Waals surface area contributed by atoms with Crippen LogP contribution in [-0.4, -0.2) is 123 Å². The fourth-order valence-electron chi connectivity index (χ4n) is 6.09. The molecule has 330 valence electrons. The standard InChI is InChI=1S/C30H44N12O16P2/c1-30(2,3)57-29(46)38-15(6-4-5-8-37-40-33)27(44)56-23-18(55-26(22(23)43)42-14-36-21-24(32)34-13-35-25(21)42)12-53-60(50,51)58-16-10-20(41-9-7-19(31)39-28(41)45)54-17(16)11-52-59(47,48)49/h7,9,13-18,20,22-23,26,43H,4-6,8,10-12H2,1-3H3,(H,38,46)(H,50,51)(H2,31,39,45)(H2,32,34,35)(H2,47,48,49)/t15?,16-,17+,18-,20+,22+,23+,26+/m0/s1. The van der Waals surface area contributed by atoms with E-state index in [-0.39, 0.29) is 48.6 Å². The minimum Gasteiger partial charge on any atom is -0.455 e. The van der Waals surface area contributed by atoms with Crippen LogP contribution in [0.15, 0.2) is 34.8 Å². The fraction of sp³-hybridized carbons (Fsp3) is 0.633. The van der Waals surface area contributed by atoms with Gasteiger partial charge >= 0.3 is 33.4 Å². The highest BCUT2D eigenvalue weighted by atomic mass is 31.2. The number of aromatic nitrogens is 6. The zero-order valence-electron chi connectivity index (χ0n) is 32.1. The number of imidazole rings is 1. The molecule has 1 amide bonds. The van der Waals surface area contributed by atoms with Crippen molar-refractivity contribution < 1.29 is 71.0 Å². The third-order valence-electron chi connectivity index (χ3n) is 8.68. The number of hydrogen-bond acceptors (Lipinski definition) is 20. The van der Waals surface area contributed by atoms with E-state index in [1.54, 1.807) is 20.8 Å². The number of aliphatic hydroxyl groups is 1. The van der Waals surface area contributed by atoms with Crippen LogP contribution in [0.5, 0.6) is 0 Å². The number of phosphoric ester groups is 2. The van der Waals surface area contributed by atoms with Crippen LogP contribution in [0.2, 0.25) is 0 Å². The van der Waals surface area contributed by atoms with Crippen LogP contribution in [0.3, 0.4) is 0 Å². The molecule has 0 spiro atoms. The van der Waals surface area contributed by atoms with E-state index < -0.39 is 101 Å². The summed E-state index contributed by atoms with van der Waals surface area (Å²) in [6.07, 6.45) is -7.85. The van der Waals surface area contributed by atoms with Crippen LogP contribution < -0.4 is 22.5 Å². The molecule has 0 bridgehead atoms. The zero-order chi connectivity index (χ0) is 44.0. The van der Waals surface area contributed by atoms with Gasteiger partial charge < -0.3 is 55.5 Å². The lowest BCUT2D eigenvalue weighted by Crippen LogP contribution is -2.47. The molecule has 28 nitrogen and oxygen atoms in total. The average molecular weight is 891 g/mol. The average Bonchev–Trinajstić information content (AvgIpc) is 3.83. The van der Waals surface area contributed by atoms with Gasteiger partial charge in [-0.25, -0.2) is 38.5 Å². The minimum absolute atomic E-state index is 0.0100. The number of alkyl carbamates (subject to hydrolysis) is 1. The molecule has 5 rings (SSSR count). The Balaban J connectivity index is 1.37. The molecular formula is C30H44N12O16P2. The monoisotopic (exact) mass is 890 g/mol. The van der Waals surface area contributed by atoms with Crippen molar-refractivity contribution in [2.75, 3.05) is 31.2 Å². The number of azide groups is 1. The summed E-state index contributed by atoms with van der Waals surface area (Å²) in [5.74, 6) is -1.20. The Morgan fingerprint density at radius 3 is 2.52 bits per heavy atom. The highest BCUT2D eigenvalue weighted by Gasteiger charge is 2.50. The summed E-state index contributed by atoms with van der Waals surface area (Å²) in [6, 6.07) is -0.109. The van der Waals surface area contributed by atoms with E-state index in [0.717, 1.165) is 10.9 Å². The third-order valence-corrected chi connectivity index (χ3v) is 10.2. The highest BCUT2D eigenvalue weighted by molar-refractivity contribution is 7.47. The van der Waals surface area contributed by atoms with Crippen LogP contribution in [0, 0.1) is 0 Å². The highest BCUT2D eigenvalue weighted by Crippen LogP contribution is 2.50. The number of nitrogen functional groups attached to an aromatic ring is 2. The first-order valence-electron chi connectivity index (χ1n) is 18.0. The Morgan fingerprint density at radius 1 is 1.10 bits per heavy atom. The van der Waals surface area contributed by atoms with Crippen molar-refractivity contribution in [3.8, 4) is 0 Å². The molecule has 9 N–H and O–H groups in total. The molecule has 3 aromatic rings. The number of nitrogens with two attached hydrogens (primary N) is 2. The number of anilines is 2. The number of amides is 1. The first-order chi connectivity index (χ1) is 28.1. The normalized spacial score (nSPS) is 24.7. The number of fused-ring (bicyclic) bond motifs is 1. The molecule has 0 radical (unpaired) electrons. The second-order valence-corrected chi connectivity index (χ2v) is 16.9. The molecule has 3 aromatic heterocycles. The van der Waals surface area contributed by atoms with Gasteiger partial charge in [0.25, 0.3) is 0 Å². The van der Waals surface area contributed by atoms with E-state index in [4.69, 9.17) is 45.0 Å². The maximum absolute atomic E-state index is 13.8. The van der Waals surface area contributed by atoms with Crippen molar-refractivity contribution in [2.24, 2.45) is 5.11 Å². The molecule has 5 heterocycles. The lowest BCUT2D eigenvalue weighted by molar-refractivity contribution is -0.159. The summed E-state index contributed by atoms with van der Waals surface area (Å²) in [7, 11) is -10.3. The maximum Gasteiger partial charge on any atom is 0.472 e. The lowest BCUT2D eigenvalue weighted by atomic mass is 10.1. The molecule has 0 aliphatic carbocycles. The Morgan fingerprint density at radius 2 is 1.83 bits per heavy atom. The Kier molecular flexibility index (Phi) is 14.9. The van der Waals surface area contributed by atoms with Crippen molar-refractivity contribution in [2.45, 2.75) is 101 Å². The van der Waals surface area contributed by atoms with Gasteiger partial charge in [0.1, 0.15) is 59.9 Å². The lowest BCUT2D eigenvalue weighted by Gasteiger charge is -2.26. The number of esters is 1. The van der Waals surface area contributed by atoms with Gasteiger partial charge in [-0.2, -0.15) is 4.98 Å². The van der Waals surface area contributed by atoms with Crippen LogP contribution in [-0.2, 0) is 46.4 Å². The molecule has 2 aliphatic heterocycles. The van der Waals surface area contributed by atoms with Crippen molar-refractivity contribution >= 4 is 50.5 Å². The van der Waals surface area contributed by atoms with Gasteiger partial charge in [-0.05, 0) is 45.2 Å². The Hall–Kier alpha value is -4.82. The van der Waals surface area contributed by atoms with Crippen LogP contribution in [0.1, 0.15) is 58.9 Å². The van der Waals surface area contributed by atoms with Crippen LogP contribution in [0.4, 0.5) is 16.4 Å². The Labute approximate surface area is 338 Å². The predicted molar refractivity (Wildman–Crippen MR) is 201 cm³/mol. The number of ether oxygens (including phenoxy) is 4. The van der Waals surface area contributed by atoms with Gasteiger partial charge in [0.15, 0.2) is 23.8 Å². The number of nitrogens with zero attached hydrogens (tertiary/aromatic N) is 9. The van der Waals surface area contributed by atoms with Crippen LogP contribution >= 0.6 is 15.6 Å². The van der Waals surface area contributed by atoms with Gasteiger partial charge in [-0.3, -0.25) is 22.7 Å². The predicted octanol–water partition coefficient (Wildman–Crippen LogP) is 0.691. The maximum atomic E-state index is 13.8. The van der Waals surface area contributed by atoms with Gasteiger partial charge in [0, 0.05) is 24.1 Å². The second-order valence-electron chi connectivity index (χ2n) is 14.3. The molecule has 0 saturated carbocycles. The molecule has 2 saturated heterocycles. The first-order valence-corrected chi connectivity index (χ1v) is 21.0. The quantitative estimate of drug-likeness (QED) is 0.0231. The molecule has 2 unspecified atom stereocenters. The van der Waals surface area contributed by atoms with E-state index >= 15 is 0 Å². The number of nitrogens with one attached hydrogen (secondary N) is 1. The molecule has 2 aliphatic rings. The molecule has 2 fully saturated rings. The summed E-state index contributed by atoms with van der Waals surface area (Å²) in [5, 5.41) is 17.5. The van der Waals surface area contributed by atoms with Crippen molar-refractivity contribution in [1.82, 2.24) is 34.4 Å². The van der Waals surface area contributed by atoms with Gasteiger partial charge in [-0.15, -0.1) is 0 Å². The van der Waals surface area contributed by atoms with E-state index in [1.807, 2.05) is 0 Å². The van der Waals surface area contributed by atoms with Crippen molar-refractivity contribution in [1.29, 1.82) is 0 Å². The molecule has 30 heteroatoms. The number of phosphoric acid groups is 2. The summed E-state index contributed by atoms with van der Waals surface area (Å²) in [4.78, 5) is 86.9. The SMILES string of the molecule is CC(C)(C)OC(=O)NC(CCCCN=[N+]=[N-])C(=O)O[C@H]1[C@@H](O)[C@H](n2cnc3c(N)ncnc32)O[C@H]1COP(=O)(O)O[C@H]1C[C@H](n2ccc(N)nc2=O)O[C@@H]1COP(=O)(O)O. The largest absolute Gasteiger partial charge is 0.472 e. The van der Waals surface area contributed by atoms with E-state index in [1.165, 1.54) is 23.2 Å². The van der Waals surface area contributed by atoms with E-state index in [2.05, 4.69) is 39.8 Å². The van der Waals surface area contributed by atoms with E-state index in [9.17, 15) is 43.3 Å². The smallest absolute Gasteiger partial charge is 0.455 e. The Bertz CT molecular complexity index is 2210. The second kappa shape index (κ2) is 19.3. The molecular weight excluding hydrogens is 846 g/mol. The topological polar surface area (TPSA) is 405 Å². The van der Waals surface area contributed by atoms with Crippen molar-refractivity contribution in [3.63, 3.8) is 0 Å². The number of carbonyl (C=O) groups excluding carboxylic acids is 2. The van der Waals surface area contributed by atoms with Gasteiger partial charge in [0.2, 0.25) is 0 Å². The molecule has 9 atom stereocenters. The summed E-state index contributed by atoms with van der Waals surface area (Å²) in [6.45, 7) is 3.13. The summed E-state index contributed by atoms with van der Waals surface area (Å²) >= 11 is 0.